The monoisotopic (exact) mass is 364 g/mol. The van der Waals surface area contributed by atoms with E-state index in [4.69, 9.17) is 9.84 Å². The van der Waals surface area contributed by atoms with Crippen molar-refractivity contribution >= 4 is 13.3 Å². The number of carboxylic acids is 1. The van der Waals surface area contributed by atoms with E-state index in [1.165, 1.54) is 18.8 Å². The van der Waals surface area contributed by atoms with Gasteiger partial charge in [0.25, 0.3) is 0 Å². The molecule has 0 heterocycles. The molecule has 0 amide bonds. The summed E-state index contributed by atoms with van der Waals surface area (Å²) in [6, 6.07) is 8.10. The van der Waals surface area contributed by atoms with Gasteiger partial charge in [0.05, 0.1) is 0 Å². The minimum absolute atomic E-state index is 0.130. The molecule has 0 radical (unpaired) electrons. The Morgan fingerprint density at radius 1 is 1.16 bits per heavy atom. The van der Waals surface area contributed by atoms with Gasteiger partial charge >= 0.3 is 5.97 Å². The lowest BCUT2D eigenvalue weighted by Gasteiger charge is -2.15. The molecule has 2 rings (SSSR count). The minimum Gasteiger partial charge on any atom is -0.507 e. The smallest absolute Gasteiger partial charge is 0.339 e. The number of aryl methyl sites for hydroxylation is 2. The maximum Gasteiger partial charge on any atom is 0.339 e. The summed E-state index contributed by atoms with van der Waals surface area (Å²) in [5, 5.41) is 18.7. The van der Waals surface area contributed by atoms with Gasteiger partial charge in [-0.15, -0.1) is 0 Å². The molecule has 3 N–H and O–H groups in total. The van der Waals surface area contributed by atoms with Crippen molar-refractivity contribution in [2.75, 3.05) is 13.0 Å². The quantitative estimate of drug-likeness (QED) is 0.678. The lowest BCUT2D eigenvalue weighted by atomic mass is 9.95. The SMILES string of the molecule is Cc1cc(OCP(C)(=O)O)cc(C)c1Cc1ccc(O)c(C(=O)O)c1. The first-order valence-corrected chi connectivity index (χ1v) is 9.93. The highest BCUT2D eigenvalue weighted by Crippen LogP contribution is 2.36. The first-order chi connectivity index (χ1) is 11.6. The number of aromatic carboxylic acids is 1. The predicted octanol–water partition coefficient (Wildman–Crippen LogP) is 3.53. The summed E-state index contributed by atoms with van der Waals surface area (Å²) in [6.45, 7) is 5.04. The number of hydrogen-bond donors (Lipinski definition) is 3. The van der Waals surface area contributed by atoms with Crippen molar-refractivity contribution in [1.29, 1.82) is 0 Å². The molecule has 0 aromatic heterocycles. The molecule has 2 aromatic rings. The molecule has 0 spiro atoms. The van der Waals surface area contributed by atoms with Gasteiger partial charge < -0.3 is 19.8 Å². The number of rotatable bonds is 6. The van der Waals surface area contributed by atoms with Crippen LogP contribution in [0.25, 0.3) is 0 Å². The third kappa shape index (κ3) is 5.08. The van der Waals surface area contributed by atoms with E-state index in [1.807, 2.05) is 13.8 Å². The molecule has 0 fully saturated rings. The summed E-state index contributed by atoms with van der Waals surface area (Å²) < 4.78 is 16.7. The van der Waals surface area contributed by atoms with Crippen molar-refractivity contribution in [1.82, 2.24) is 0 Å². The van der Waals surface area contributed by atoms with Crippen molar-refractivity contribution in [3.8, 4) is 11.5 Å². The second-order valence-corrected chi connectivity index (χ2v) is 8.55. The number of ether oxygens (including phenoxy) is 1. The van der Waals surface area contributed by atoms with E-state index >= 15 is 0 Å². The molecule has 0 saturated heterocycles. The van der Waals surface area contributed by atoms with Gasteiger partial charge in [0, 0.05) is 6.66 Å². The lowest BCUT2D eigenvalue weighted by Crippen LogP contribution is -2.02. The minimum atomic E-state index is -3.25. The number of benzene rings is 2. The van der Waals surface area contributed by atoms with E-state index in [1.54, 1.807) is 18.2 Å². The zero-order chi connectivity index (χ0) is 18.8. The van der Waals surface area contributed by atoms with Crippen molar-refractivity contribution in [3.63, 3.8) is 0 Å². The molecule has 1 atom stereocenters. The standard InChI is InChI=1S/C18H21O6P/c1-11-6-14(24-10-25(3,22)23)7-12(2)15(11)8-13-4-5-17(19)16(9-13)18(20)21/h4-7,9,19H,8,10H2,1-3H3,(H,20,21)(H,22,23). The molecule has 134 valence electrons. The van der Waals surface area contributed by atoms with Crippen LogP contribution in [0.3, 0.4) is 0 Å². The number of carbonyl (C=O) groups is 1. The molecule has 0 saturated carbocycles. The molecule has 0 aliphatic rings. The highest BCUT2D eigenvalue weighted by atomic mass is 31.2. The topological polar surface area (TPSA) is 104 Å². The Morgan fingerprint density at radius 3 is 2.28 bits per heavy atom. The van der Waals surface area contributed by atoms with Gasteiger partial charge in [-0.25, -0.2) is 4.79 Å². The maximum absolute atomic E-state index is 11.3. The second-order valence-electron chi connectivity index (χ2n) is 6.19. The van der Waals surface area contributed by atoms with Crippen LogP contribution in [0.4, 0.5) is 0 Å². The van der Waals surface area contributed by atoms with Crippen LogP contribution >= 0.6 is 7.37 Å². The molecule has 1 unspecified atom stereocenters. The van der Waals surface area contributed by atoms with E-state index < -0.39 is 13.3 Å². The van der Waals surface area contributed by atoms with E-state index in [2.05, 4.69) is 0 Å². The largest absolute Gasteiger partial charge is 0.507 e. The molecular weight excluding hydrogens is 343 g/mol. The Labute approximate surface area is 146 Å². The molecule has 25 heavy (non-hydrogen) atoms. The van der Waals surface area contributed by atoms with Gasteiger partial charge in [-0.05, 0) is 66.8 Å². The Morgan fingerprint density at radius 2 is 1.76 bits per heavy atom. The summed E-state index contributed by atoms with van der Waals surface area (Å²) in [5.74, 6) is -0.919. The normalized spacial score (nSPS) is 13.3. The first kappa shape index (κ1) is 19.0. The average Bonchev–Trinajstić information content (AvgIpc) is 2.49. The Bertz CT molecular complexity index is 830. The van der Waals surface area contributed by atoms with E-state index in [-0.39, 0.29) is 17.7 Å². The molecule has 7 heteroatoms. The molecule has 6 nitrogen and oxygen atoms in total. The van der Waals surface area contributed by atoms with Crippen LogP contribution in [-0.2, 0) is 11.0 Å². The van der Waals surface area contributed by atoms with Gasteiger partial charge in [-0.3, -0.25) is 4.57 Å². The third-order valence-corrected chi connectivity index (χ3v) is 4.42. The summed E-state index contributed by atoms with van der Waals surface area (Å²) in [6.07, 6.45) is 0.260. The number of hydrogen-bond acceptors (Lipinski definition) is 4. The van der Waals surface area contributed by atoms with Crippen molar-refractivity contribution in [2.45, 2.75) is 20.3 Å². The van der Waals surface area contributed by atoms with Crippen molar-refractivity contribution in [2.24, 2.45) is 0 Å². The highest BCUT2D eigenvalue weighted by molar-refractivity contribution is 7.56. The summed E-state index contributed by atoms with van der Waals surface area (Å²) >= 11 is 0. The number of phenols is 1. The first-order valence-electron chi connectivity index (χ1n) is 7.64. The van der Waals surface area contributed by atoms with Gasteiger partial charge in [-0.1, -0.05) is 6.07 Å². The summed E-state index contributed by atoms with van der Waals surface area (Å²) in [4.78, 5) is 20.5. The van der Waals surface area contributed by atoms with Crippen LogP contribution in [0.15, 0.2) is 30.3 Å². The van der Waals surface area contributed by atoms with E-state index in [0.29, 0.717) is 12.2 Å². The van der Waals surface area contributed by atoms with Gasteiger partial charge in [0.2, 0.25) is 7.37 Å². The lowest BCUT2D eigenvalue weighted by molar-refractivity contribution is 0.0693. The van der Waals surface area contributed by atoms with Gasteiger partial charge in [0.15, 0.2) is 6.35 Å². The molecular formula is C18H21O6P. The number of carboxylic acid groups (broad SMARTS) is 1. The third-order valence-electron chi connectivity index (χ3n) is 3.81. The van der Waals surface area contributed by atoms with Gasteiger partial charge in [0.1, 0.15) is 17.1 Å². The molecule has 0 aliphatic heterocycles. The van der Waals surface area contributed by atoms with Crippen LogP contribution in [0.5, 0.6) is 11.5 Å². The van der Waals surface area contributed by atoms with Crippen LogP contribution < -0.4 is 4.74 Å². The predicted molar refractivity (Wildman–Crippen MR) is 95.0 cm³/mol. The second kappa shape index (κ2) is 7.30. The number of aromatic hydroxyl groups is 1. The molecule has 0 aliphatic carbocycles. The average molecular weight is 364 g/mol. The zero-order valence-electron chi connectivity index (χ0n) is 14.3. The fourth-order valence-corrected chi connectivity index (χ4v) is 2.97. The summed E-state index contributed by atoms with van der Waals surface area (Å²) in [5.41, 5.74) is 3.52. The fraction of sp³-hybridized carbons (Fsp3) is 0.278. The Hall–Kier alpha value is -2.30. The fourth-order valence-electron chi connectivity index (χ4n) is 2.58. The van der Waals surface area contributed by atoms with Crippen LogP contribution in [0, 0.1) is 13.8 Å². The Balaban J connectivity index is 2.27. The Kier molecular flexibility index (Phi) is 5.55. The molecule has 0 bridgehead atoms. The van der Waals surface area contributed by atoms with E-state index in [9.17, 15) is 19.4 Å². The highest BCUT2D eigenvalue weighted by Gasteiger charge is 2.14. The maximum atomic E-state index is 11.3. The van der Waals surface area contributed by atoms with Crippen molar-refractivity contribution in [3.05, 3.63) is 58.1 Å². The van der Waals surface area contributed by atoms with E-state index in [0.717, 1.165) is 22.3 Å². The zero-order valence-corrected chi connectivity index (χ0v) is 15.2. The van der Waals surface area contributed by atoms with Crippen LogP contribution in [0.1, 0.15) is 32.6 Å². The molecule has 2 aromatic carbocycles. The summed E-state index contributed by atoms with van der Waals surface area (Å²) in [7, 11) is -3.25. The van der Waals surface area contributed by atoms with Crippen LogP contribution in [-0.4, -0.2) is 34.1 Å². The van der Waals surface area contributed by atoms with Crippen molar-refractivity contribution < 1.29 is 29.2 Å². The van der Waals surface area contributed by atoms with Crippen LogP contribution in [0.2, 0.25) is 0 Å². The van der Waals surface area contributed by atoms with Gasteiger partial charge in [-0.2, -0.15) is 0 Å².